The first-order valence-corrected chi connectivity index (χ1v) is 3.18. The lowest BCUT2D eigenvalue weighted by molar-refractivity contribution is 0.108. The predicted octanol–water partition coefficient (Wildman–Crippen LogP) is 1.33. The molecule has 1 aromatic heterocycles. The lowest BCUT2D eigenvalue weighted by atomic mass is 10.2. The largest absolute Gasteiger partial charge is 0.276 e. The topological polar surface area (TPSA) is 53.8 Å². The van der Waals surface area contributed by atoms with Gasteiger partial charge in [0.1, 0.15) is 11.8 Å². The summed E-state index contributed by atoms with van der Waals surface area (Å²) in [5, 5.41) is 7.80. The van der Waals surface area contributed by atoms with Gasteiger partial charge in [0.15, 0.2) is 0 Å². The summed E-state index contributed by atoms with van der Waals surface area (Å²) in [7, 11) is 0. The van der Waals surface area contributed by atoms with Crippen LogP contribution in [0.5, 0.6) is 0 Å². The van der Waals surface area contributed by atoms with Crippen LogP contribution < -0.4 is 0 Å². The number of nitrogens with zero attached hydrogens (tertiary/aromatic N) is 2. The normalized spacial score (nSPS) is 8.73. The summed E-state index contributed by atoms with van der Waals surface area (Å²) in [6.45, 7) is 0. The van der Waals surface area contributed by atoms with Crippen molar-refractivity contribution < 1.29 is 4.79 Å². The van der Waals surface area contributed by atoms with Crippen molar-refractivity contribution in [3.63, 3.8) is 0 Å². The molecule has 1 rings (SSSR count). The Labute approximate surface area is 68.2 Å². The molecule has 0 aliphatic rings. The Morgan fingerprint density at radius 1 is 1.73 bits per heavy atom. The molecule has 0 unspecified atom stereocenters. The fraction of sp³-hybridized carbons (Fsp3) is 0. The molecule has 0 saturated heterocycles. The molecule has 0 amide bonds. The first-order chi connectivity index (χ1) is 5.24. The quantitative estimate of drug-likeness (QED) is 0.592. The van der Waals surface area contributed by atoms with Crippen molar-refractivity contribution in [2.45, 2.75) is 0 Å². The van der Waals surface area contributed by atoms with Crippen molar-refractivity contribution in [1.82, 2.24) is 4.98 Å². The molecule has 4 heteroatoms. The molecular weight excluding hydrogens is 164 g/mol. The van der Waals surface area contributed by atoms with Gasteiger partial charge in [0.05, 0.1) is 0 Å². The fourth-order valence-electron chi connectivity index (χ4n) is 0.614. The Hall–Kier alpha value is -1.40. The van der Waals surface area contributed by atoms with Crippen molar-refractivity contribution in [2.24, 2.45) is 0 Å². The third-order valence-corrected chi connectivity index (χ3v) is 1.32. The van der Waals surface area contributed by atoms with E-state index in [0.717, 1.165) is 0 Å². The minimum Gasteiger partial charge on any atom is -0.276 e. The monoisotopic (exact) mass is 166 g/mol. The molecular formula is C7H3ClN2O. The Balaban J connectivity index is 3.13. The van der Waals surface area contributed by atoms with Crippen LogP contribution >= 0.6 is 11.6 Å². The van der Waals surface area contributed by atoms with Crippen molar-refractivity contribution in [3.8, 4) is 6.07 Å². The van der Waals surface area contributed by atoms with Crippen molar-refractivity contribution in [1.29, 1.82) is 5.26 Å². The van der Waals surface area contributed by atoms with E-state index in [1.165, 1.54) is 18.3 Å². The van der Waals surface area contributed by atoms with E-state index in [1.54, 1.807) is 6.07 Å². The summed E-state index contributed by atoms with van der Waals surface area (Å²) in [6.07, 6.45) is 1.37. The van der Waals surface area contributed by atoms with Gasteiger partial charge in [-0.15, -0.1) is 0 Å². The van der Waals surface area contributed by atoms with E-state index in [0.29, 0.717) is 5.56 Å². The smallest absolute Gasteiger partial charge is 0.252 e. The Bertz CT molecular complexity index is 329. The summed E-state index contributed by atoms with van der Waals surface area (Å²) < 4.78 is 0. The molecule has 0 aromatic carbocycles. The lowest BCUT2D eigenvalue weighted by Crippen LogP contribution is -1.90. The zero-order chi connectivity index (χ0) is 8.27. The van der Waals surface area contributed by atoms with Crippen LogP contribution in [-0.2, 0) is 0 Å². The molecule has 0 atom stereocenters. The molecule has 0 radical (unpaired) electrons. The fourth-order valence-corrected chi connectivity index (χ4v) is 0.731. The molecule has 11 heavy (non-hydrogen) atoms. The molecule has 0 aliphatic heterocycles. The number of aromatic nitrogens is 1. The number of hydrogen-bond donors (Lipinski definition) is 0. The maximum atomic E-state index is 10.5. The van der Waals surface area contributed by atoms with Gasteiger partial charge < -0.3 is 0 Å². The van der Waals surface area contributed by atoms with Crippen molar-refractivity contribution >= 4 is 16.8 Å². The van der Waals surface area contributed by atoms with E-state index in [-0.39, 0.29) is 5.69 Å². The maximum Gasteiger partial charge on any atom is 0.252 e. The van der Waals surface area contributed by atoms with Gasteiger partial charge in [0.2, 0.25) is 0 Å². The Morgan fingerprint density at radius 3 is 3.00 bits per heavy atom. The number of pyridine rings is 1. The van der Waals surface area contributed by atoms with Gasteiger partial charge in [-0.05, 0) is 23.7 Å². The van der Waals surface area contributed by atoms with E-state index in [4.69, 9.17) is 16.9 Å². The molecule has 0 aliphatic carbocycles. The molecule has 1 heterocycles. The highest BCUT2D eigenvalue weighted by Gasteiger charge is 2.01. The summed E-state index contributed by atoms with van der Waals surface area (Å²) in [4.78, 5) is 14.2. The van der Waals surface area contributed by atoms with Gasteiger partial charge in [-0.1, -0.05) is 0 Å². The summed E-state index contributed by atoms with van der Waals surface area (Å²) >= 11 is 5.16. The molecule has 0 bridgehead atoms. The molecule has 0 N–H and O–H groups in total. The highest BCUT2D eigenvalue weighted by molar-refractivity contribution is 6.67. The number of carbonyl (C=O) groups excluding carboxylic acids is 1. The minimum absolute atomic E-state index is 0.191. The molecule has 0 saturated carbocycles. The van der Waals surface area contributed by atoms with Crippen LogP contribution in [0.3, 0.4) is 0 Å². The Kier molecular flexibility index (Phi) is 2.19. The first-order valence-electron chi connectivity index (χ1n) is 2.80. The van der Waals surface area contributed by atoms with Crippen LogP contribution in [-0.4, -0.2) is 10.2 Å². The number of halogens is 1. The SMILES string of the molecule is N#Cc1cc(C(=O)Cl)ccn1. The van der Waals surface area contributed by atoms with Crippen LogP contribution in [0, 0.1) is 11.3 Å². The van der Waals surface area contributed by atoms with Gasteiger partial charge in [0, 0.05) is 11.8 Å². The van der Waals surface area contributed by atoms with E-state index in [9.17, 15) is 4.79 Å². The third-order valence-electron chi connectivity index (χ3n) is 1.10. The molecule has 0 spiro atoms. The summed E-state index contributed by atoms with van der Waals surface area (Å²) in [5.41, 5.74) is 0.481. The van der Waals surface area contributed by atoms with Crippen LogP contribution in [0.1, 0.15) is 16.1 Å². The average molecular weight is 167 g/mol. The minimum atomic E-state index is -0.580. The predicted molar refractivity (Wildman–Crippen MR) is 39.1 cm³/mol. The maximum absolute atomic E-state index is 10.5. The second-order valence-electron chi connectivity index (χ2n) is 1.82. The third kappa shape index (κ3) is 1.76. The van der Waals surface area contributed by atoms with Gasteiger partial charge in [-0.25, -0.2) is 4.98 Å². The van der Waals surface area contributed by atoms with E-state index in [1.807, 2.05) is 0 Å². The van der Waals surface area contributed by atoms with E-state index in [2.05, 4.69) is 4.98 Å². The van der Waals surface area contributed by atoms with Gasteiger partial charge in [-0.3, -0.25) is 4.79 Å². The van der Waals surface area contributed by atoms with Gasteiger partial charge >= 0.3 is 0 Å². The molecule has 1 aromatic rings. The average Bonchev–Trinajstić information content (AvgIpc) is 2.05. The van der Waals surface area contributed by atoms with E-state index < -0.39 is 5.24 Å². The van der Waals surface area contributed by atoms with Crippen LogP contribution in [0.4, 0.5) is 0 Å². The first kappa shape index (κ1) is 7.70. The standard InChI is InChI=1S/C7H3ClN2O/c8-7(11)5-1-2-10-6(3-5)4-9/h1-3H. The molecule has 54 valence electrons. The zero-order valence-corrected chi connectivity index (χ0v) is 6.17. The number of rotatable bonds is 1. The van der Waals surface area contributed by atoms with Crippen molar-refractivity contribution in [3.05, 3.63) is 29.6 Å². The van der Waals surface area contributed by atoms with Gasteiger partial charge in [-0.2, -0.15) is 5.26 Å². The van der Waals surface area contributed by atoms with E-state index >= 15 is 0 Å². The second-order valence-corrected chi connectivity index (χ2v) is 2.16. The van der Waals surface area contributed by atoms with Crippen molar-refractivity contribution in [2.75, 3.05) is 0 Å². The Morgan fingerprint density at radius 2 is 2.45 bits per heavy atom. The zero-order valence-electron chi connectivity index (χ0n) is 5.41. The van der Waals surface area contributed by atoms with Crippen LogP contribution in [0.15, 0.2) is 18.3 Å². The van der Waals surface area contributed by atoms with Gasteiger partial charge in [0.25, 0.3) is 5.24 Å². The molecule has 0 fully saturated rings. The van der Waals surface area contributed by atoms with Crippen LogP contribution in [0.25, 0.3) is 0 Å². The summed E-state index contributed by atoms with van der Waals surface area (Å²) in [5.74, 6) is 0. The lowest BCUT2D eigenvalue weighted by Gasteiger charge is -1.90. The summed E-state index contributed by atoms with van der Waals surface area (Å²) in [6, 6.07) is 4.60. The highest BCUT2D eigenvalue weighted by Crippen LogP contribution is 2.03. The number of hydrogen-bond acceptors (Lipinski definition) is 3. The molecule has 3 nitrogen and oxygen atoms in total. The number of nitriles is 1. The van der Waals surface area contributed by atoms with Crippen LogP contribution in [0.2, 0.25) is 0 Å². The second kappa shape index (κ2) is 3.13. The highest BCUT2D eigenvalue weighted by atomic mass is 35.5. The number of carbonyl (C=O) groups is 1.